The maximum atomic E-state index is 12.1. The van der Waals surface area contributed by atoms with Gasteiger partial charge in [0.05, 0.1) is 5.75 Å². The number of hydrogen-bond acceptors (Lipinski definition) is 4. The monoisotopic (exact) mass is 263 g/mol. The van der Waals surface area contributed by atoms with Gasteiger partial charge in [-0.1, -0.05) is 13.8 Å². The Morgan fingerprint density at radius 3 is 2.71 bits per heavy atom. The highest BCUT2D eigenvalue weighted by Crippen LogP contribution is 2.13. The number of piperazine rings is 1. The van der Waals surface area contributed by atoms with Crippen LogP contribution in [0.1, 0.15) is 20.3 Å². The lowest BCUT2D eigenvalue weighted by molar-refractivity contribution is -0.122. The summed E-state index contributed by atoms with van der Waals surface area (Å²) in [6.45, 7) is 5.12. The van der Waals surface area contributed by atoms with Crippen LogP contribution in [0.2, 0.25) is 0 Å². The molecule has 1 fully saturated rings. The molecule has 100 valence electrons. The fourth-order valence-corrected chi connectivity index (χ4v) is 3.70. The summed E-state index contributed by atoms with van der Waals surface area (Å²) in [6.07, 6.45) is 0.595. The summed E-state index contributed by atoms with van der Waals surface area (Å²) in [6, 6.07) is -0.749. The van der Waals surface area contributed by atoms with Crippen molar-refractivity contribution in [1.82, 2.24) is 9.62 Å². The number of nitrogens with one attached hydrogen (secondary N) is 1. The number of carbonyl (C=O) groups excluding carboxylic acids is 1. The van der Waals surface area contributed by atoms with E-state index in [1.165, 1.54) is 4.31 Å². The molecule has 1 aliphatic rings. The largest absolute Gasteiger partial charge is 0.368 e. The molecule has 1 saturated heterocycles. The zero-order valence-corrected chi connectivity index (χ0v) is 11.2. The van der Waals surface area contributed by atoms with Crippen LogP contribution in [0, 0.1) is 5.92 Å². The highest BCUT2D eigenvalue weighted by molar-refractivity contribution is 7.89. The van der Waals surface area contributed by atoms with Gasteiger partial charge in [-0.3, -0.25) is 4.79 Å². The van der Waals surface area contributed by atoms with Crippen LogP contribution >= 0.6 is 0 Å². The third-order valence-corrected chi connectivity index (χ3v) is 4.74. The second-order valence-electron chi connectivity index (χ2n) is 4.73. The highest BCUT2D eigenvalue weighted by atomic mass is 32.2. The van der Waals surface area contributed by atoms with Crippen LogP contribution in [0.15, 0.2) is 0 Å². The van der Waals surface area contributed by atoms with Crippen molar-refractivity contribution in [2.75, 3.05) is 25.4 Å². The third-order valence-electron chi connectivity index (χ3n) is 2.83. The van der Waals surface area contributed by atoms with Crippen LogP contribution < -0.4 is 11.1 Å². The minimum atomic E-state index is -3.38. The molecule has 0 aliphatic carbocycles. The summed E-state index contributed by atoms with van der Waals surface area (Å²) in [5, 5.41) is 2.98. The second kappa shape index (κ2) is 5.79. The molecule has 6 nitrogen and oxygen atoms in total. The Morgan fingerprint density at radius 2 is 2.18 bits per heavy atom. The van der Waals surface area contributed by atoms with Crippen LogP contribution in [0.5, 0.6) is 0 Å². The number of amides is 1. The molecule has 0 saturated carbocycles. The first-order chi connectivity index (χ1) is 7.84. The van der Waals surface area contributed by atoms with Crippen LogP contribution in [-0.4, -0.2) is 50.1 Å². The van der Waals surface area contributed by atoms with Gasteiger partial charge in [-0.15, -0.1) is 0 Å². The van der Waals surface area contributed by atoms with Gasteiger partial charge in [-0.25, -0.2) is 8.42 Å². The maximum absolute atomic E-state index is 12.1. The third kappa shape index (κ3) is 3.93. The van der Waals surface area contributed by atoms with Gasteiger partial charge in [0.15, 0.2) is 0 Å². The van der Waals surface area contributed by atoms with E-state index in [0.717, 1.165) is 0 Å². The molecule has 1 amide bonds. The summed E-state index contributed by atoms with van der Waals surface area (Å²) in [5.74, 6) is -0.195. The van der Waals surface area contributed by atoms with E-state index in [1.807, 2.05) is 13.8 Å². The SMILES string of the molecule is CC(C)CCS(=O)(=O)N1CCNCC1C(N)=O. The molecule has 1 rings (SSSR count). The minimum Gasteiger partial charge on any atom is -0.368 e. The summed E-state index contributed by atoms with van der Waals surface area (Å²) in [7, 11) is -3.38. The van der Waals surface area contributed by atoms with Gasteiger partial charge in [0.25, 0.3) is 0 Å². The van der Waals surface area contributed by atoms with Crippen LogP contribution in [0.3, 0.4) is 0 Å². The van der Waals surface area contributed by atoms with E-state index in [9.17, 15) is 13.2 Å². The Hall–Kier alpha value is -0.660. The Labute approximate surface area is 103 Å². The molecule has 0 radical (unpaired) electrons. The highest BCUT2D eigenvalue weighted by Gasteiger charge is 2.35. The number of rotatable bonds is 5. The lowest BCUT2D eigenvalue weighted by Crippen LogP contribution is -2.59. The number of hydrogen-bond donors (Lipinski definition) is 2. The van der Waals surface area contributed by atoms with Gasteiger partial charge in [-0.05, 0) is 12.3 Å². The van der Waals surface area contributed by atoms with Crippen molar-refractivity contribution < 1.29 is 13.2 Å². The quantitative estimate of drug-likeness (QED) is 0.674. The lowest BCUT2D eigenvalue weighted by Gasteiger charge is -2.33. The zero-order chi connectivity index (χ0) is 13.1. The average molecular weight is 263 g/mol. The van der Waals surface area contributed by atoms with Gasteiger partial charge >= 0.3 is 0 Å². The van der Waals surface area contributed by atoms with Gasteiger partial charge in [0.1, 0.15) is 6.04 Å². The van der Waals surface area contributed by atoms with E-state index in [4.69, 9.17) is 5.73 Å². The fraction of sp³-hybridized carbons (Fsp3) is 0.900. The van der Waals surface area contributed by atoms with E-state index in [1.54, 1.807) is 0 Å². The molecule has 0 aromatic carbocycles. The van der Waals surface area contributed by atoms with E-state index in [0.29, 0.717) is 32.0 Å². The van der Waals surface area contributed by atoms with Crippen molar-refractivity contribution in [2.24, 2.45) is 11.7 Å². The number of primary amides is 1. The molecule has 1 aliphatic heterocycles. The van der Waals surface area contributed by atoms with Crippen molar-refractivity contribution in [1.29, 1.82) is 0 Å². The van der Waals surface area contributed by atoms with E-state index >= 15 is 0 Å². The molecule has 1 atom stereocenters. The lowest BCUT2D eigenvalue weighted by atomic mass is 10.2. The van der Waals surface area contributed by atoms with Gasteiger partial charge in [0, 0.05) is 19.6 Å². The summed E-state index contributed by atoms with van der Waals surface area (Å²) in [5.41, 5.74) is 5.23. The molecule has 0 aromatic heterocycles. The van der Waals surface area contributed by atoms with E-state index < -0.39 is 22.0 Å². The normalized spacial score (nSPS) is 22.9. The van der Waals surface area contributed by atoms with Crippen LogP contribution in [0.25, 0.3) is 0 Å². The molecular formula is C10H21N3O3S. The van der Waals surface area contributed by atoms with E-state index in [2.05, 4.69) is 5.32 Å². The van der Waals surface area contributed by atoms with Crippen molar-refractivity contribution in [3.63, 3.8) is 0 Å². The van der Waals surface area contributed by atoms with Crippen LogP contribution in [-0.2, 0) is 14.8 Å². The van der Waals surface area contributed by atoms with Gasteiger partial charge in [0.2, 0.25) is 15.9 Å². The Balaban J connectivity index is 2.76. The molecule has 17 heavy (non-hydrogen) atoms. The van der Waals surface area contributed by atoms with Crippen molar-refractivity contribution in [3.8, 4) is 0 Å². The van der Waals surface area contributed by atoms with Gasteiger partial charge in [-0.2, -0.15) is 4.31 Å². The summed E-state index contributed by atoms with van der Waals surface area (Å²) >= 11 is 0. The minimum absolute atomic E-state index is 0.0778. The van der Waals surface area contributed by atoms with Gasteiger partial charge < -0.3 is 11.1 Å². The average Bonchev–Trinajstić information content (AvgIpc) is 2.26. The molecular weight excluding hydrogens is 242 g/mol. The standard InChI is InChI=1S/C10H21N3O3S/c1-8(2)3-6-17(15,16)13-5-4-12-7-9(13)10(11)14/h8-9,12H,3-7H2,1-2H3,(H2,11,14). The first kappa shape index (κ1) is 14.4. The number of nitrogens with two attached hydrogens (primary N) is 1. The molecule has 1 heterocycles. The Bertz CT molecular complexity index is 367. The second-order valence-corrected chi connectivity index (χ2v) is 6.77. The predicted molar refractivity (Wildman–Crippen MR) is 65.8 cm³/mol. The number of nitrogens with zero attached hydrogens (tertiary/aromatic N) is 1. The van der Waals surface area contributed by atoms with Crippen molar-refractivity contribution >= 4 is 15.9 Å². The molecule has 0 spiro atoms. The topological polar surface area (TPSA) is 92.5 Å². The molecule has 3 N–H and O–H groups in total. The summed E-state index contributed by atoms with van der Waals surface area (Å²) in [4.78, 5) is 11.2. The van der Waals surface area contributed by atoms with E-state index in [-0.39, 0.29) is 5.75 Å². The Morgan fingerprint density at radius 1 is 1.53 bits per heavy atom. The smallest absolute Gasteiger partial charge is 0.237 e. The summed E-state index contributed by atoms with van der Waals surface area (Å²) < 4.78 is 25.4. The maximum Gasteiger partial charge on any atom is 0.237 e. The molecule has 7 heteroatoms. The fourth-order valence-electron chi connectivity index (χ4n) is 1.76. The van der Waals surface area contributed by atoms with Crippen molar-refractivity contribution in [2.45, 2.75) is 26.3 Å². The Kier molecular flexibility index (Phi) is 4.91. The molecule has 0 bridgehead atoms. The molecule has 1 unspecified atom stereocenters. The van der Waals surface area contributed by atoms with Crippen molar-refractivity contribution in [3.05, 3.63) is 0 Å². The first-order valence-electron chi connectivity index (χ1n) is 5.84. The first-order valence-corrected chi connectivity index (χ1v) is 7.45. The number of carbonyl (C=O) groups is 1. The zero-order valence-electron chi connectivity index (χ0n) is 10.3. The number of sulfonamides is 1. The predicted octanol–water partition coefficient (Wildman–Crippen LogP) is -0.879. The van der Waals surface area contributed by atoms with Crippen LogP contribution in [0.4, 0.5) is 0 Å². The molecule has 0 aromatic rings.